The molecule has 1 aromatic carbocycles. The Morgan fingerprint density at radius 3 is 2.85 bits per heavy atom. The first kappa shape index (κ1) is 17.1. The van der Waals surface area contributed by atoms with Gasteiger partial charge in [0.1, 0.15) is 5.75 Å². The number of nitrogens with one attached hydrogen (secondary N) is 1. The molecule has 0 saturated carbocycles. The van der Waals surface area contributed by atoms with Crippen LogP contribution in [0.3, 0.4) is 0 Å². The van der Waals surface area contributed by atoms with Gasteiger partial charge in [-0.1, -0.05) is 12.1 Å². The molecular weight excluding hydrogens is 365 g/mol. The normalized spacial score (nSPS) is 14.2. The van der Waals surface area contributed by atoms with E-state index in [0.29, 0.717) is 12.5 Å². The van der Waals surface area contributed by atoms with E-state index in [1.165, 1.54) is 11.1 Å². The fourth-order valence-corrected chi connectivity index (χ4v) is 2.12. The zero-order valence-electron chi connectivity index (χ0n) is 12.4. The van der Waals surface area contributed by atoms with Crippen molar-refractivity contribution in [1.29, 1.82) is 0 Å². The van der Waals surface area contributed by atoms with E-state index >= 15 is 0 Å². The second-order valence-corrected chi connectivity index (χ2v) is 5.93. The largest absolute Gasteiger partial charge is 0.493 e. The van der Waals surface area contributed by atoms with Crippen LogP contribution in [0.5, 0.6) is 5.75 Å². The van der Waals surface area contributed by atoms with Crippen molar-refractivity contribution in [2.45, 2.75) is 39.2 Å². The minimum Gasteiger partial charge on any atom is -0.493 e. The molecule has 0 amide bonds. The standard InChI is InChI=1S/C15H23N3O.HI/c1-15(2,3)18-14(16)17-8-6-11-4-5-13-12(10-11)7-9-19-13;/h4-5,10H,6-9H2,1-3H3,(H3,16,17,18);1H. The molecule has 1 aliphatic rings. The van der Waals surface area contributed by atoms with Crippen LogP contribution in [0.2, 0.25) is 0 Å². The Morgan fingerprint density at radius 2 is 2.15 bits per heavy atom. The molecule has 1 aliphatic heterocycles. The van der Waals surface area contributed by atoms with E-state index in [2.05, 4.69) is 49.3 Å². The van der Waals surface area contributed by atoms with Gasteiger partial charge < -0.3 is 15.8 Å². The topological polar surface area (TPSA) is 59.6 Å². The molecule has 0 aliphatic carbocycles. The van der Waals surface area contributed by atoms with E-state index in [1.807, 2.05) is 0 Å². The van der Waals surface area contributed by atoms with Crippen LogP contribution in [0.25, 0.3) is 0 Å². The summed E-state index contributed by atoms with van der Waals surface area (Å²) in [4.78, 5) is 4.35. The molecule has 0 atom stereocenters. The van der Waals surface area contributed by atoms with E-state index in [0.717, 1.165) is 25.2 Å². The number of guanidine groups is 1. The molecule has 0 fully saturated rings. The monoisotopic (exact) mass is 389 g/mol. The van der Waals surface area contributed by atoms with Crippen molar-refractivity contribution in [3.05, 3.63) is 29.3 Å². The number of aliphatic imine (C=N–C) groups is 1. The third-order valence-electron chi connectivity index (χ3n) is 2.94. The summed E-state index contributed by atoms with van der Waals surface area (Å²) in [6.45, 7) is 7.70. The van der Waals surface area contributed by atoms with Crippen molar-refractivity contribution in [3.8, 4) is 5.75 Å². The number of hydrogen-bond acceptors (Lipinski definition) is 2. The van der Waals surface area contributed by atoms with Gasteiger partial charge in [0, 0.05) is 18.5 Å². The highest BCUT2D eigenvalue weighted by atomic mass is 127. The minimum absolute atomic E-state index is 0. The van der Waals surface area contributed by atoms with Gasteiger partial charge in [0.05, 0.1) is 6.61 Å². The van der Waals surface area contributed by atoms with Crippen LogP contribution in [-0.4, -0.2) is 24.7 Å². The van der Waals surface area contributed by atoms with Gasteiger partial charge in [0.15, 0.2) is 5.96 Å². The van der Waals surface area contributed by atoms with Crippen LogP contribution in [0.4, 0.5) is 0 Å². The Hall–Kier alpha value is -0.980. The van der Waals surface area contributed by atoms with Crippen molar-refractivity contribution in [2.24, 2.45) is 10.7 Å². The van der Waals surface area contributed by atoms with Gasteiger partial charge in [-0.2, -0.15) is 0 Å². The molecule has 4 nitrogen and oxygen atoms in total. The summed E-state index contributed by atoms with van der Waals surface area (Å²) in [6, 6.07) is 6.37. The van der Waals surface area contributed by atoms with Crippen LogP contribution in [0, 0.1) is 0 Å². The van der Waals surface area contributed by atoms with Crippen LogP contribution >= 0.6 is 24.0 Å². The number of ether oxygens (including phenoxy) is 1. The summed E-state index contributed by atoms with van der Waals surface area (Å²) in [6.07, 6.45) is 1.92. The van der Waals surface area contributed by atoms with Gasteiger partial charge in [0.2, 0.25) is 0 Å². The van der Waals surface area contributed by atoms with Gasteiger partial charge in [-0.25, -0.2) is 0 Å². The predicted octanol–water partition coefficient (Wildman–Crippen LogP) is 2.48. The van der Waals surface area contributed by atoms with Crippen LogP contribution in [-0.2, 0) is 12.8 Å². The average Bonchev–Trinajstić information content (AvgIpc) is 2.73. The van der Waals surface area contributed by atoms with Crippen molar-refractivity contribution in [1.82, 2.24) is 5.32 Å². The smallest absolute Gasteiger partial charge is 0.188 e. The summed E-state index contributed by atoms with van der Waals surface area (Å²) in [5, 5.41) is 3.15. The third-order valence-corrected chi connectivity index (χ3v) is 2.94. The summed E-state index contributed by atoms with van der Waals surface area (Å²) in [5.74, 6) is 1.54. The molecule has 20 heavy (non-hydrogen) atoms. The Labute approximate surface area is 138 Å². The van der Waals surface area contributed by atoms with E-state index in [9.17, 15) is 0 Å². The minimum atomic E-state index is -0.0432. The van der Waals surface area contributed by atoms with E-state index in [-0.39, 0.29) is 29.5 Å². The molecule has 0 aromatic heterocycles. The molecule has 1 heterocycles. The van der Waals surface area contributed by atoms with Gasteiger partial charge in [-0.05, 0) is 44.4 Å². The SMILES string of the molecule is CC(C)(C)NC(N)=NCCc1ccc2c(c1)CCO2.I. The quantitative estimate of drug-likeness (QED) is 0.475. The summed E-state index contributed by atoms with van der Waals surface area (Å²) in [7, 11) is 0. The maximum Gasteiger partial charge on any atom is 0.188 e. The highest BCUT2D eigenvalue weighted by Gasteiger charge is 2.12. The second-order valence-electron chi connectivity index (χ2n) is 5.93. The Kier molecular flexibility index (Phi) is 6.10. The molecule has 5 heteroatoms. The number of benzene rings is 1. The first-order valence-corrected chi connectivity index (χ1v) is 6.77. The van der Waals surface area contributed by atoms with E-state index in [4.69, 9.17) is 10.5 Å². The Morgan fingerprint density at radius 1 is 1.40 bits per heavy atom. The van der Waals surface area contributed by atoms with Gasteiger partial charge in [0.25, 0.3) is 0 Å². The second kappa shape index (κ2) is 7.15. The molecule has 0 radical (unpaired) electrons. The Balaban J connectivity index is 0.00000200. The first-order valence-electron chi connectivity index (χ1n) is 6.77. The summed E-state index contributed by atoms with van der Waals surface area (Å²) in [5.41, 5.74) is 8.39. The maximum absolute atomic E-state index is 5.83. The molecular formula is C15H24IN3O. The van der Waals surface area contributed by atoms with Crippen LogP contribution in [0.1, 0.15) is 31.9 Å². The van der Waals surface area contributed by atoms with E-state index < -0.39 is 0 Å². The van der Waals surface area contributed by atoms with E-state index in [1.54, 1.807) is 0 Å². The molecule has 0 saturated heterocycles. The van der Waals surface area contributed by atoms with Crippen molar-refractivity contribution in [3.63, 3.8) is 0 Å². The molecule has 0 bridgehead atoms. The van der Waals surface area contributed by atoms with Crippen LogP contribution in [0.15, 0.2) is 23.2 Å². The molecule has 1 aromatic rings. The van der Waals surface area contributed by atoms with Crippen molar-refractivity contribution < 1.29 is 4.74 Å². The van der Waals surface area contributed by atoms with Crippen molar-refractivity contribution in [2.75, 3.05) is 13.2 Å². The van der Waals surface area contributed by atoms with Crippen molar-refractivity contribution >= 4 is 29.9 Å². The molecule has 112 valence electrons. The fourth-order valence-electron chi connectivity index (χ4n) is 2.12. The summed E-state index contributed by atoms with van der Waals surface area (Å²) >= 11 is 0. The lowest BCUT2D eigenvalue weighted by atomic mass is 10.1. The number of fused-ring (bicyclic) bond motifs is 1. The van der Waals surface area contributed by atoms with Gasteiger partial charge in [-0.3, -0.25) is 4.99 Å². The molecule has 2 rings (SSSR count). The third kappa shape index (κ3) is 5.19. The number of rotatable bonds is 3. The average molecular weight is 389 g/mol. The number of nitrogens with zero attached hydrogens (tertiary/aromatic N) is 1. The van der Waals surface area contributed by atoms with Crippen LogP contribution < -0.4 is 15.8 Å². The molecule has 3 N–H and O–H groups in total. The maximum atomic E-state index is 5.83. The number of halogens is 1. The summed E-state index contributed by atoms with van der Waals surface area (Å²) < 4.78 is 5.49. The molecule has 0 unspecified atom stereocenters. The number of nitrogens with two attached hydrogens (primary N) is 1. The number of hydrogen-bond donors (Lipinski definition) is 2. The molecule has 0 spiro atoms. The fraction of sp³-hybridized carbons (Fsp3) is 0.533. The highest BCUT2D eigenvalue weighted by molar-refractivity contribution is 14.0. The van der Waals surface area contributed by atoms with Gasteiger partial charge >= 0.3 is 0 Å². The first-order chi connectivity index (χ1) is 8.94. The zero-order chi connectivity index (χ0) is 13.9. The van der Waals surface area contributed by atoms with Gasteiger partial charge in [-0.15, -0.1) is 24.0 Å². The zero-order valence-corrected chi connectivity index (χ0v) is 14.7. The lowest BCUT2D eigenvalue weighted by Crippen LogP contribution is -2.45. The predicted molar refractivity (Wildman–Crippen MR) is 94.1 cm³/mol. The lowest BCUT2D eigenvalue weighted by molar-refractivity contribution is 0.357. The highest BCUT2D eigenvalue weighted by Crippen LogP contribution is 2.25. The Bertz CT molecular complexity index is 480. The lowest BCUT2D eigenvalue weighted by Gasteiger charge is -2.20.